The van der Waals surface area contributed by atoms with Crippen LogP contribution in [-0.4, -0.2) is 44.0 Å². The number of aliphatic carboxylic acids is 1. The van der Waals surface area contributed by atoms with Crippen LogP contribution >= 0.6 is 0 Å². The maximum absolute atomic E-state index is 12.7. The van der Waals surface area contributed by atoms with Gasteiger partial charge in [0.1, 0.15) is 6.04 Å². The number of benzene rings is 2. The zero-order valence-corrected chi connectivity index (χ0v) is 17.7. The molecule has 1 heterocycles. The van der Waals surface area contributed by atoms with Crippen molar-refractivity contribution in [1.29, 1.82) is 0 Å². The van der Waals surface area contributed by atoms with Crippen LogP contribution in [-0.2, 0) is 16.1 Å². The molecule has 0 radical (unpaired) electrons. The van der Waals surface area contributed by atoms with Gasteiger partial charge < -0.3 is 15.1 Å². The fourth-order valence-electron chi connectivity index (χ4n) is 3.68. The second-order valence-corrected chi connectivity index (χ2v) is 8.29. The average molecular weight is 432 g/mol. The van der Waals surface area contributed by atoms with Crippen LogP contribution in [0.3, 0.4) is 0 Å². The number of hydrogen-bond acceptors (Lipinski definition) is 4. The lowest BCUT2D eigenvalue weighted by molar-refractivity contribution is -0.150. The summed E-state index contributed by atoms with van der Waals surface area (Å²) in [6, 6.07) is 15.1. The number of carbonyl (C=O) groups is 3. The lowest BCUT2D eigenvalue weighted by Crippen LogP contribution is -2.42. The molecule has 1 saturated carbocycles. The average Bonchev–Trinajstić information content (AvgIpc) is 3.60. The molecule has 7 nitrogen and oxygen atoms in total. The number of pyridine rings is 1. The topological polar surface area (TPSA) is 108 Å². The predicted molar refractivity (Wildman–Crippen MR) is 119 cm³/mol. The molecule has 0 saturated heterocycles. The highest BCUT2D eigenvalue weighted by Crippen LogP contribution is 2.33. The molecule has 2 aromatic carbocycles. The summed E-state index contributed by atoms with van der Waals surface area (Å²) >= 11 is 0. The Morgan fingerprint density at radius 3 is 2.38 bits per heavy atom. The maximum Gasteiger partial charge on any atom is 0.335 e. The van der Waals surface area contributed by atoms with E-state index in [9.17, 15) is 19.5 Å². The summed E-state index contributed by atoms with van der Waals surface area (Å²) in [6.07, 6.45) is 2.46. The number of hydrogen-bond donors (Lipinski definition) is 2. The van der Waals surface area contributed by atoms with Crippen LogP contribution in [0.1, 0.15) is 42.1 Å². The van der Waals surface area contributed by atoms with E-state index in [-0.39, 0.29) is 18.0 Å². The SMILES string of the molecule is CC(C(=O)O)N(Cc1ccc2nc(-c3ccc(C(=O)O)cc3)ccc2c1)C(=O)CC1CC1. The van der Waals surface area contributed by atoms with E-state index in [2.05, 4.69) is 4.98 Å². The molecule has 0 bridgehead atoms. The first-order valence-electron chi connectivity index (χ1n) is 10.6. The molecule has 2 N–H and O–H groups in total. The highest BCUT2D eigenvalue weighted by atomic mass is 16.4. The van der Waals surface area contributed by atoms with Gasteiger partial charge in [-0.3, -0.25) is 4.79 Å². The largest absolute Gasteiger partial charge is 0.480 e. The molecule has 4 rings (SSSR count). The van der Waals surface area contributed by atoms with Crippen LogP contribution in [0.2, 0.25) is 0 Å². The Labute approximate surface area is 185 Å². The van der Waals surface area contributed by atoms with Crippen molar-refractivity contribution in [3.63, 3.8) is 0 Å². The van der Waals surface area contributed by atoms with E-state index in [0.717, 1.165) is 40.6 Å². The van der Waals surface area contributed by atoms with Crippen LogP contribution in [0.5, 0.6) is 0 Å². The zero-order valence-electron chi connectivity index (χ0n) is 17.7. The van der Waals surface area contributed by atoms with E-state index < -0.39 is 18.0 Å². The number of carboxylic acid groups (broad SMARTS) is 2. The summed E-state index contributed by atoms with van der Waals surface area (Å²) in [5.74, 6) is -1.73. The second-order valence-electron chi connectivity index (χ2n) is 8.29. The van der Waals surface area contributed by atoms with Crippen LogP contribution in [0.4, 0.5) is 0 Å². The molecule has 1 aromatic heterocycles. The van der Waals surface area contributed by atoms with Gasteiger partial charge in [-0.05, 0) is 61.6 Å². The predicted octanol–water partition coefficient (Wildman–Crippen LogP) is 4.20. The Bertz CT molecular complexity index is 1180. The molecule has 1 fully saturated rings. The van der Waals surface area contributed by atoms with Gasteiger partial charge in [0.15, 0.2) is 0 Å². The normalized spacial score (nSPS) is 14.2. The van der Waals surface area contributed by atoms with Gasteiger partial charge >= 0.3 is 11.9 Å². The van der Waals surface area contributed by atoms with Crippen LogP contribution in [0, 0.1) is 5.92 Å². The minimum Gasteiger partial charge on any atom is -0.480 e. The molecule has 32 heavy (non-hydrogen) atoms. The van der Waals surface area contributed by atoms with Gasteiger partial charge in [-0.2, -0.15) is 0 Å². The van der Waals surface area contributed by atoms with E-state index in [0.29, 0.717) is 12.3 Å². The molecule has 7 heteroatoms. The summed E-state index contributed by atoms with van der Waals surface area (Å²) in [6.45, 7) is 1.77. The quantitative estimate of drug-likeness (QED) is 0.552. The maximum atomic E-state index is 12.7. The minimum atomic E-state index is -1.02. The van der Waals surface area contributed by atoms with Crippen molar-refractivity contribution in [3.05, 3.63) is 65.7 Å². The standard InChI is InChI=1S/C25H24N2O5/c1-15(24(29)30)27(23(28)13-16-2-3-16)14-17-4-10-22-20(12-17)9-11-21(26-22)18-5-7-19(8-6-18)25(31)32/h4-12,15-16H,2-3,13-14H2,1H3,(H,29,30)(H,31,32). The molecular weight excluding hydrogens is 408 g/mol. The van der Waals surface area contributed by atoms with E-state index in [1.807, 2.05) is 30.3 Å². The Morgan fingerprint density at radius 1 is 1.03 bits per heavy atom. The van der Waals surface area contributed by atoms with Crippen LogP contribution in [0.25, 0.3) is 22.2 Å². The second kappa shape index (κ2) is 8.78. The molecule has 1 amide bonds. The van der Waals surface area contributed by atoms with Crippen LogP contribution < -0.4 is 0 Å². The number of carboxylic acids is 2. The number of amides is 1. The molecule has 1 unspecified atom stereocenters. The lowest BCUT2D eigenvalue weighted by atomic mass is 10.1. The van der Waals surface area contributed by atoms with Gasteiger partial charge in [0, 0.05) is 23.9 Å². The zero-order chi connectivity index (χ0) is 22.8. The number of aromatic carboxylic acids is 1. The number of carbonyl (C=O) groups excluding carboxylic acids is 1. The summed E-state index contributed by atoms with van der Waals surface area (Å²) in [4.78, 5) is 41.4. The summed E-state index contributed by atoms with van der Waals surface area (Å²) in [5, 5.41) is 19.4. The Kier molecular flexibility index (Phi) is 5.90. The Hall–Kier alpha value is -3.74. The first kappa shape index (κ1) is 21.5. The molecule has 1 atom stereocenters. The molecule has 3 aromatic rings. The third-order valence-corrected chi connectivity index (χ3v) is 5.84. The molecule has 0 aliphatic heterocycles. The first-order valence-corrected chi connectivity index (χ1v) is 10.6. The minimum absolute atomic E-state index is 0.124. The summed E-state index contributed by atoms with van der Waals surface area (Å²) in [5.41, 5.74) is 3.36. The first-order chi connectivity index (χ1) is 15.3. The molecule has 1 aliphatic rings. The third kappa shape index (κ3) is 4.77. The van der Waals surface area contributed by atoms with Gasteiger partial charge in [0.05, 0.1) is 16.8 Å². The highest BCUT2D eigenvalue weighted by molar-refractivity contribution is 5.88. The van der Waals surface area contributed by atoms with Crippen LogP contribution in [0.15, 0.2) is 54.6 Å². The van der Waals surface area contributed by atoms with E-state index >= 15 is 0 Å². The van der Waals surface area contributed by atoms with Crippen molar-refractivity contribution in [2.24, 2.45) is 5.92 Å². The Balaban J connectivity index is 1.57. The third-order valence-electron chi connectivity index (χ3n) is 5.84. The van der Waals surface area contributed by atoms with Gasteiger partial charge in [0.2, 0.25) is 5.91 Å². The van der Waals surface area contributed by atoms with Crippen molar-refractivity contribution in [2.45, 2.75) is 38.8 Å². The fraction of sp³-hybridized carbons (Fsp3) is 0.280. The number of aromatic nitrogens is 1. The van der Waals surface area contributed by atoms with Gasteiger partial charge in [-0.1, -0.05) is 24.3 Å². The van der Waals surface area contributed by atoms with Crippen molar-refractivity contribution in [2.75, 3.05) is 0 Å². The van der Waals surface area contributed by atoms with Gasteiger partial charge in [0.25, 0.3) is 0 Å². The van der Waals surface area contributed by atoms with E-state index in [1.54, 1.807) is 24.3 Å². The summed E-state index contributed by atoms with van der Waals surface area (Å²) in [7, 11) is 0. The number of nitrogens with zero attached hydrogens (tertiary/aromatic N) is 2. The Morgan fingerprint density at radius 2 is 1.75 bits per heavy atom. The monoisotopic (exact) mass is 432 g/mol. The summed E-state index contributed by atoms with van der Waals surface area (Å²) < 4.78 is 0. The van der Waals surface area contributed by atoms with Crippen molar-refractivity contribution in [1.82, 2.24) is 9.88 Å². The number of rotatable bonds is 8. The van der Waals surface area contributed by atoms with Gasteiger partial charge in [-0.25, -0.2) is 14.6 Å². The molecular formula is C25H24N2O5. The smallest absolute Gasteiger partial charge is 0.335 e. The molecule has 0 spiro atoms. The van der Waals surface area contributed by atoms with Crippen molar-refractivity contribution >= 4 is 28.7 Å². The van der Waals surface area contributed by atoms with Crippen molar-refractivity contribution < 1.29 is 24.6 Å². The highest BCUT2D eigenvalue weighted by Gasteiger charge is 2.31. The van der Waals surface area contributed by atoms with Gasteiger partial charge in [-0.15, -0.1) is 0 Å². The fourth-order valence-corrected chi connectivity index (χ4v) is 3.68. The van der Waals surface area contributed by atoms with Crippen molar-refractivity contribution in [3.8, 4) is 11.3 Å². The lowest BCUT2D eigenvalue weighted by Gasteiger charge is -2.27. The van der Waals surface area contributed by atoms with E-state index in [1.165, 1.54) is 11.8 Å². The molecule has 164 valence electrons. The number of fused-ring (bicyclic) bond motifs is 1. The van der Waals surface area contributed by atoms with E-state index in [4.69, 9.17) is 5.11 Å². The molecule has 1 aliphatic carbocycles.